The van der Waals surface area contributed by atoms with Gasteiger partial charge in [-0.3, -0.25) is 9.10 Å². The molecule has 1 amide bonds. The van der Waals surface area contributed by atoms with Crippen molar-refractivity contribution in [3.63, 3.8) is 0 Å². The lowest BCUT2D eigenvalue weighted by Gasteiger charge is -2.22. The molecule has 0 saturated carbocycles. The summed E-state index contributed by atoms with van der Waals surface area (Å²) in [6, 6.07) is 14.6. The van der Waals surface area contributed by atoms with Crippen LogP contribution >= 0.6 is 0 Å². The summed E-state index contributed by atoms with van der Waals surface area (Å²) in [4.78, 5) is 16.5. The Bertz CT molecular complexity index is 1050. The molecule has 0 spiro atoms. The summed E-state index contributed by atoms with van der Waals surface area (Å²) in [5, 5.41) is 2.81. The van der Waals surface area contributed by atoms with Crippen LogP contribution in [0.25, 0.3) is 5.69 Å². The van der Waals surface area contributed by atoms with Gasteiger partial charge in [0, 0.05) is 18.9 Å². The molecular weight excluding hydrogens is 376 g/mol. The van der Waals surface area contributed by atoms with E-state index in [2.05, 4.69) is 10.3 Å². The quantitative estimate of drug-likeness (QED) is 0.662. The van der Waals surface area contributed by atoms with Gasteiger partial charge < -0.3 is 9.88 Å². The molecule has 0 saturated heterocycles. The van der Waals surface area contributed by atoms with E-state index in [0.717, 1.165) is 27.4 Å². The van der Waals surface area contributed by atoms with Gasteiger partial charge in [0.25, 0.3) is 0 Å². The van der Waals surface area contributed by atoms with Crippen molar-refractivity contribution >= 4 is 21.6 Å². The van der Waals surface area contributed by atoms with Crippen molar-refractivity contribution in [1.29, 1.82) is 0 Å². The van der Waals surface area contributed by atoms with Crippen LogP contribution in [-0.4, -0.2) is 36.7 Å². The van der Waals surface area contributed by atoms with Crippen LogP contribution in [0.15, 0.2) is 67.3 Å². The smallest absolute Gasteiger partial charge is 0.241 e. The SMILES string of the molecule is Cc1ccc(N(CC(=O)NCc2ccccc2-n2ccnc2)S(C)(=O)=O)cc1. The highest BCUT2D eigenvalue weighted by atomic mass is 32.2. The number of benzene rings is 2. The second-order valence-electron chi connectivity index (χ2n) is 6.48. The predicted octanol–water partition coefficient (Wildman–Crippen LogP) is 2.26. The summed E-state index contributed by atoms with van der Waals surface area (Å²) < 4.78 is 27.3. The summed E-state index contributed by atoms with van der Waals surface area (Å²) in [5.74, 6) is -0.383. The Kier molecular flexibility index (Phi) is 5.79. The van der Waals surface area contributed by atoms with E-state index in [1.54, 1.807) is 24.7 Å². The molecule has 1 N–H and O–H groups in total. The maximum Gasteiger partial charge on any atom is 0.241 e. The molecule has 0 aliphatic rings. The molecular formula is C20H22N4O3S. The molecule has 7 nitrogen and oxygen atoms in total. The predicted molar refractivity (Wildman–Crippen MR) is 109 cm³/mol. The lowest BCUT2D eigenvalue weighted by atomic mass is 10.1. The number of carbonyl (C=O) groups is 1. The maximum absolute atomic E-state index is 12.5. The second-order valence-corrected chi connectivity index (χ2v) is 8.39. The van der Waals surface area contributed by atoms with Crippen LogP contribution in [0.5, 0.6) is 0 Å². The molecule has 2 aromatic carbocycles. The van der Waals surface area contributed by atoms with Crippen LogP contribution in [0.1, 0.15) is 11.1 Å². The first-order valence-electron chi connectivity index (χ1n) is 8.72. The fourth-order valence-electron chi connectivity index (χ4n) is 2.81. The van der Waals surface area contributed by atoms with E-state index in [-0.39, 0.29) is 19.0 Å². The molecule has 3 aromatic rings. The van der Waals surface area contributed by atoms with Gasteiger partial charge in [0.2, 0.25) is 15.9 Å². The fourth-order valence-corrected chi connectivity index (χ4v) is 3.66. The minimum absolute atomic E-state index is 0.276. The van der Waals surface area contributed by atoms with E-state index in [1.807, 2.05) is 54.1 Å². The number of sulfonamides is 1. The number of anilines is 1. The molecule has 28 heavy (non-hydrogen) atoms. The highest BCUT2D eigenvalue weighted by Crippen LogP contribution is 2.18. The van der Waals surface area contributed by atoms with Crippen LogP contribution < -0.4 is 9.62 Å². The van der Waals surface area contributed by atoms with Gasteiger partial charge in [-0.2, -0.15) is 0 Å². The monoisotopic (exact) mass is 398 g/mol. The number of hydrogen-bond donors (Lipinski definition) is 1. The topological polar surface area (TPSA) is 84.3 Å². The molecule has 0 fully saturated rings. The third kappa shape index (κ3) is 4.77. The number of carbonyl (C=O) groups excluding carboxylic acids is 1. The first-order valence-corrected chi connectivity index (χ1v) is 10.6. The number of nitrogens with zero attached hydrogens (tertiary/aromatic N) is 3. The Morgan fingerprint density at radius 3 is 2.50 bits per heavy atom. The van der Waals surface area contributed by atoms with Gasteiger partial charge in [-0.05, 0) is 30.7 Å². The number of hydrogen-bond acceptors (Lipinski definition) is 4. The minimum atomic E-state index is -3.59. The van der Waals surface area contributed by atoms with Gasteiger partial charge in [-0.15, -0.1) is 0 Å². The average molecular weight is 398 g/mol. The van der Waals surface area contributed by atoms with Gasteiger partial charge in [0.15, 0.2) is 0 Å². The first kappa shape index (κ1) is 19.6. The van der Waals surface area contributed by atoms with E-state index in [4.69, 9.17) is 0 Å². The number of aromatic nitrogens is 2. The molecule has 8 heteroatoms. The summed E-state index contributed by atoms with van der Waals surface area (Å²) in [5.41, 5.74) is 3.27. The Morgan fingerprint density at radius 2 is 1.86 bits per heavy atom. The number of rotatable bonds is 7. The lowest BCUT2D eigenvalue weighted by molar-refractivity contribution is -0.119. The molecule has 0 aliphatic heterocycles. The molecule has 0 atom stereocenters. The molecule has 3 rings (SSSR count). The highest BCUT2D eigenvalue weighted by Gasteiger charge is 2.20. The third-order valence-corrected chi connectivity index (χ3v) is 5.40. The van der Waals surface area contributed by atoms with Crippen molar-refractivity contribution in [2.45, 2.75) is 13.5 Å². The van der Waals surface area contributed by atoms with Gasteiger partial charge in [0.05, 0.1) is 24.0 Å². The average Bonchev–Trinajstić information content (AvgIpc) is 3.19. The van der Waals surface area contributed by atoms with E-state index >= 15 is 0 Å². The van der Waals surface area contributed by atoms with Crippen molar-refractivity contribution in [2.24, 2.45) is 0 Å². The standard InChI is InChI=1S/C20H22N4O3S/c1-16-7-9-18(10-8-16)24(28(2,26)27)14-20(25)22-13-17-5-3-4-6-19(17)23-12-11-21-15-23/h3-12,15H,13-14H2,1-2H3,(H,22,25). The van der Waals surface area contributed by atoms with Crippen LogP contribution in [0.3, 0.4) is 0 Å². The fraction of sp³-hybridized carbons (Fsp3) is 0.200. The normalized spacial score (nSPS) is 11.2. The van der Waals surface area contributed by atoms with Crippen LogP contribution in [-0.2, 0) is 21.4 Å². The number of imidazole rings is 1. The molecule has 1 aromatic heterocycles. The molecule has 146 valence electrons. The summed E-state index contributed by atoms with van der Waals surface area (Å²) in [6.07, 6.45) is 6.28. The lowest BCUT2D eigenvalue weighted by Crippen LogP contribution is -2.40. The highest BCUT2D eigenvalue weighted by molar-refractivity contribution is 7.92. The Balaban J connectivity index is 1.72. The van der Waals surface area contributed by atoms with E-state index in [1.165, 1.54) is 0 Å². The Labute approximate surface area is 164 Å². The summed E-state index contributed by atoms with van der Waals surface area (Å²) in [6.45, 7) is 1.91. The molecule has 0 bridgehead atoms. The van der Waals surface area contributed by atoms with Crippen molar-refractivity contribution in [3.05, 3.63) is 78.4 Å². The number of para-hydroxylation sites is 1. The Morgan fingerprint density at radius 1 is 1.14 bits per heavy atom. The number of amides is 1. The second kappa shape index (κ2) is 8.26. The van der Waals surface area contributed by atoms with E-state index in [0.29, 0.717) is 5.69 Å². The Hall–Kier alpha value is -3.13. The van der Waals surface area contributed by atoms with Gasteiger partial charge >= 0.3 is 0 Å². The third-order valence-electron chi connectivity index (χ3n) is 4.26. The van der Waals surface area contributed by atoms with Crippen LogP contribution in [0.4, 0.5) is 5.69 Å². The zero-order chi connectivity index (χ0) is 20.1. The van der Waals surface area contributed by atoms with Crippen molar-refractivity contribution in [1.82, 2.24) is 14.9 Å². The van der Waals surface area contributed by atoms with Crippen LogP contribution in [0.2, 0.25) is 0 Å². The number of aryl methyl sites for hydroxylation is 1. The number of nitrogens with one attached hydrogen (secondary N) is 1. The largest absolute Gasteiger partial charge is 0.350 e. The summed E-state index contributed by atoms with van der Waals surface area (Å²) >= 11 is 0. The van der Waals surface area contributed by atoms with Gasteiger partial charge in [0.1, 0.15) is 6.54 Å². The zero-order valence-corrected chi connectivity index (χ0v) is 16.6. The van der Waals surface area contributed by atoms with Crippen molar-refractivity contribution < 1.29 is 13.2 Å². The zero-order valence-electron chi connectivity index (χ0n) is 15.7. The first-order chi connectivity index (χ1) is 13.3. The molecule has 0 radical (unpaired) electrons. The van der Waals surface area contributed by atoms with E-state index < -0.39 is 10.0 Å². The molecule has 0 unspecified atom stereocenters. The van der Waals surface area contributed by atoms with Gasteiger partial charge in [-0.1, -0.05) is 35.9 Å². The molecule has 0 aliphatic carbocycles. The van der Waals surface area contributed by atoms with Crippen molar-refractivity contribution in [3.8, 4) is 5.69 Å². The van der Waals surface area contributed by atoms with E-state index in [9.17, 15) is 13.2 Å². The van der Waals surface area contributed by atoms with Crippen LogP contribution in [0, 0.1) is 6.92 Å². The summed E-state index contributed by atoms with van der Waals surface area (Å²) in [7, 11) is -3.59. The maximum atomic E-state index is 12.5. The van der Waals surface area contributed by atoms with Gasteiger partial charge in [-0.25, -0.2) is 13.4 Å². The molecule has 1 heterocycles. The minimum Gasteiger partial charge on any atom is -0.350 e. The van der Waals surface area contributed by atoms with Crippen molar-refractivity contribution in [2.75, 3.05) is 17.1 Å².